The van der Waals surface area contributed by atoms with Gasteiger partial charge in [0.05, 0.1) is 12.1 Å². The second-order valence-corrected chi connectivity index (χ2v) is 8.44. The predicted molar refractivity (Wildman–Crippen MR) is 128 cm³/mol. The summed E-state index contributed by atoms with van der Waals surface area (Å²) in [6.45, 7) is 0. The lowest BCUT2D eigenvalue weighted by atomic mass is 9.97. The number of rotatable bonds is 3. The Balaban J connectivity index is 1.41. The summed E-state index contributed by atoms with van der Waals surface area (Å²) in [5.74, 6) is -0.588. The van der Waals surface area contributed by atoms with Gasteiger partial charge in [-0.1, -0.05) is 66.7 Å². The predicted octanol–water partition coefficient (Wildman–Crippen LogP) is 4.66. The maximum Gasteiger partial charge on any atom is 0.232 e. The van der Waals surface area contributed by atoms with Gasteiger partial charge in [-0.25, -0.2) is 0 Å². The first-order valence-electron chi connectivity index (χ1n) is 11.0. The Hall–Kier alpha value is -4.25. The fourth-order valence-corrected chi connectivity index (χ4v) is 5.05. The molecule has 33 heavy (non-hydrogen) atoms. The molecule has 2 atom stereocenters. The summed E-state index contributed by atoms with van der Waals surface area (Å²) in [5, 5.41) is 5.27. The fourth-order valence-electron chi connectivity index (χ4n) is 5.05. The number of Topliss-reactive ketones (excluding diaryl/α,β-unsaturated/α-hetero) is 2. The van der Waals surface area contributed by atoms with Crippen molar-refractivity contribution in [3.8, 4) is 0 Å². The van der Waals surface area contributed by atoms with E-state index in [0.717, 1.165) is 16.3 Å². The van der Waals surface area contributed by atoms with Crippen molar-refractivity contribution in [2.45, 2.75) is 18.5 Å². The molecule has 0 spiro atoms. The zero-order valence-corrected chi connectivity index (χ0v) is 17.7. The van der Waals surface area contributed by atoms with Crippen molar-refractivity contribution >= 4 is 39.6 Å². The lowest BCUT2D eigenvalue weighted by Crippen LogP contribution is -2.52. The quantitative estimate of drug-likeness (QED) is 0.512. The smallest absolute Gasteiger partial charge is 0.232 e. The molecule has 0 saturated carbocycles. The molecule has 5 nitrogen and oxygen atoms in total. The molecular weight excluding hydrogens is 412 g/mol. The van der Waals surface area contributed by atoms with Crippen LogP contribution in [0.3, 0.4) is 0 Å². The van der Waals surface area contributed by atoms with Crippen molar-refractivity contribution < 1.29 is 14.4 Å². The second-order valence-electron chi connectivity index (χ2n) is 8.44. The molecule has 2 aliphatic rings. The minimum Gasteiger partial charge on any atom is -0.372 e. The van der Waals surface area contributed by atoms with Gasteiger partial charge >= 0.3 is 0 Å². The van der Waals surface area contributed by atoms with Gasteiger partial charge < -0.3 is 5.32 Å². The Morgan fingerprint density at radius 3 is 2.30 bits per heavy atom. The summed E-state index contributed by atoms with van der Waals surface area (Å²) in [7, 11) is 0. The summed E-state index contributed by atoms with van der Waals surface area (Å²) in [4.78, 5) is 42.0. The minimum atomic E-state index is -0.926. The number of anilines is 2. The van der Waals surface area contributed by atoms with E-state index >= 15 is 0 Å². The molecule has 0 fully saturated rings. The number of fused-ring (bicyclic) bond motifs is 3. The van der Waals surface area contributed by atoms with Crippen LogP contribution in [0.1, 0.15) is 26.3 Å². The van der Waals surface area contributed by atoms with Gasteiger partial charge in [0.25, 0.3) is 0 Å². The Labute approximate surface area is 190 Å². The normalized spacial score (nSPS) is 18.8. The number of hydrogen-bond donors (Lipinski definition) is 1. The number of amides is 1. The minimum absolute atomic E-state index is 0.132. The van der Waals surface area contributed by atoms with Gasteiger partial charge in [-0.15, -0.1) is 0 Å². The lowest BCUT2D eigenvalue weighted by molar-refractivity contribution is -0.118. The molecule has 0 aliphatic carbocycles. The summed E-state index contributed by atoms with van der Waals surface area (Å²) < 4.78 is 0. The Morgan fingerprint density at radius 2 is 1.45 bits per heavy atom. The Morgan fingerprint density at radius 1 is 0.758 bits per heavy atom. The molecular formula is C28H20N2O3. The van der Waals surface area contributed by atoms with Crippen molar-refractivity contribution in [2.24, 2.45) is 0 Å². The Bertz CT molecular complexity index is 1450. The lowest BCUT2D eigenvalue weighted by Gasteiger charge is -2.28. The topological polar surface area (TPSA) is 66.5 Å². The van der Waals surface area contributed by atoms with E-state index in [9.17, 15) is 14.4 Å². The van der Waals surface area contributed by atoms with Crippen molar-refractivity contribution in [2.75, 3.05) is 10.2 Å². The van der Waals surface area contributed by atoms with E-state index in [1.54, 1.807) is 30.3 Å². The number of nitrogens with zero attached hydrogens (tertiary/aromatic N) is 1. The van der Waals surface area contributed by atoms with E-state index in [1.165, 1.54) is 4.90 Å². The first-order chi connectivity index (χ1) is 16.1. The third kappa shape index (κ3) is 2.97. The molecule has 2 aliphatic heterocycles. The first-order valence-corrected chi connectivity index (χ1v) is 11.0. The zero-order chi connectivity index (χ0) is 22.5. The van der Waals surface area contributed by atoms with Crippen molar-refractivity contribution in [1.29, 1.82) is 0 Å². The van der Waals surface area contributed by atoms with Gasteiger partial charge in [-0.05, 0) is 40.6 Å². The van der Waals surface area contributed by atoms with Crippen LogP contribution in [0.4, 0.5) is 11.4 Å². The van der Waals surface area contributed by atoms with Crippen molar-refractivity contribution in [3.05, 3.63) is 108 Å². The van der Waals surface area contributed by atoms with E-state index in [-0.39, 0.29) is 23.9 Å². The molecule has 2 heterocycles. The number of carbonyl (C=O) groups is 3. The SMILES string of the molecule is O=C1c2ccccc2NC1C1C(=O)c2ccccc2N1C(=O)Cc1cccc2ccccc12. The van der Waals surface area contributed by atoms with Crippen LogP contribution in [-0.4, -0.2) is 29.6 Å². The maximum absolute atomic E-state index is 13.7. The van der Waals surface area contributed by atoms with Crippen LogP contribution in [0.5, 0.6) is 0 Å². The average molecular weight is 432 g/mol. The average Bonchev–Trinajstić information content (AvgIpc) is 3.33. The summed E-state index contributed by atoms with van der Waals surface area (Å²) in [6, 6.07) is 26.4. The van der Waals surface area contributed by atoms with Crippen LogP contribution in [0, 0.1) is 0 Å². The van der Waals surface area contributed by atoms with E-state index in [4.69, 9.17) is 0 Å². The van der Waals surface area contributed by atoms with Crippen LogP contribution < -0.4 is 10.2 Å². The molecule has 0 bridgehead atoms. The molecule has 0 radical (unpaired) electrons. The molecule has 0 saturated heterocycles. The highest BCUT2D eigenvalue weighted by atomic mass is 16.2. The number of carbonyl (C=O) groups excluding carboxylic acids is 3. The molecule has 1 N–H and O–H groups in total. The third-order valence-electron chi connectivity index (χ3n) is 6.57. The highest BCUT2D eigenvalue weighted by Crippen LogP contribution is 2.38. The van der Waals surface area contributed by atoms with Gasteiger partial charge in [0.1, 0.15) is 12.1 Å². The van der Waals surface area contributed by atoms with Gasteiger partial charge in [-0.3, -0.25) is 19.3 Å². The second kappa shape index (κ2) is 7.41. The molecule has 4 aromatic rings. The van der Waals surface area contributed by atoms with E-state index in [1.807, 2.05) is 60.7 Å². The van der Waals surface area contributed by atoms with Crippen LogP contribution in [0.25, 0.3) is 10.8 Å². The molecule has 1 amide bonds. The standard InChI is InChI=1S/C28H20N2O3/c31-24(16-18-10-7-9-17-8-1-2-11-19(17)18)30-23-15-6-4-13-21(23)28(33)26(30)25-27(32)20-12-3-5-14-22(20)29-25/h1-15,25-26,29H,16H2. The number of hydrogen-bond acceptors (Lipinski definition) is 4. The molecule has 160 valence electrons. The van der Waals surface area contributed by atoms with E-state index < -0.39 is 12.1 Å². The van der Waals surface area contributed by atoms with E-state index in [0.29, 0.717) is 22.5 Å². The van der Waals surface area contributed by atoms with Crippen molar-refractivity contribution in [3.63, 3.8) is 0 Å². The number of ketones is 2. The first kappa shape index (κ1) is 19.4. The van der Waals surface area contributed by atoms with Gasteiger partial charge in [0.15, 0.2) is 11.6 Å². The van der Waals surface area contributed by atoms with Crippen molar-refractivity contribution in [1.82, 2.24) is 0 Å². The summed E-state index contributed by atoms with van der Waals surface area (Å²) >= 11 is 0. The maximum atomic E-state index is 13.7. The third-order valence-corrected chi connectivity index (χ3v) is 6.57. The number of nitrogens with one attached hydrogen (secondary N) is 1. The van der Waals surface area contributed by atoms with Crippen LogP contribution >= 0.6 is 0 Å². The molecule has 2 unspecified atom stereocenters. The molecule has 6 rings (SSSR count). The van der Waals surface area contributed by atoms with Gasteiger partial charge in [0.2, 0.25) is 5.91 Å². The van der Waals surface area contributed by atoms with Gasteiger partial charge in [-0.2, -0.15) is 0 Å². The number of benzene rings is 4. The largest absolute Gasteiger partial charge is 0.372 e. The molecule has 5 heteroatoms. The Kier molecular flexibility index (Phi) is 4.37. The zero-order valence-electron chi connectivity index (χ0n) is 17.7. The van der Waals surface area contributed by atoms with Crippen LogP contribution in [-0.2, 0) is 11.2 Å². The number of para-hydroxylation sites is 2. The monoisotopic (exact) mass is 432 g/mol. The van der Waals surface area contributed by atoms with Crippen LogP contribution in [0.2, 0.25) is 0 Å². The fraction of sp³-hybridized carbons (Fsp3) is 0.107. The summed E-state index contributed by atoms with van der Waals surface area (Å²) in [6.07, 6.45) is 0.132. The molecule has 0 aromatic heterocycles. The highest BCUT2D eigenvalue weighted by molar-refractivity contribution is 6.23. The van der Waals surface area contributed by atoms with E-state index in [2.05, 4.69) is 5.32 Å². The highest BCUT2D eigenvalue weighted by Gasteiger charge is 2.49. The molecule has 4 aromatic carbocycles. The summed E-state index contributed by atoms with van der Waals surface area (Å²) in [5.41, 5.74) is 3.16. The van der Waals surface area contributed by atoms with Gasteiger partial charge in [0, 0.05) is 16.8 Å². The van der Waals surface area contributed by atoms with Crippen LogP contribution in [0.15, 0.2) is 91.0 Å².